The number of Topliss-reactive ketones (excluding diaryl/α,β-unsaturated/α-hetero) is 1. The van der Waals surface area contributed by atoms with Crippen molar-refractivity contribution in [3.63, 3.8) is 0 Å². The molecule has 1 aliphatic heterocycles. The minimum absolute atomic E-state index is 0.0264. The molecule has 0 saturated carbocycles. The number of benzene rings is 1. The van der Waals surface area contributed by atoms with E-state index in [0.717, 1.165) is 11.3 Å². The lowest BCUT2D eigenvalue weighted by molar-refractivity contribution is 0.0936. The minimum atomic E-state index is -0.144. The topological polar surface area (TPSA) is 55.4 Å². The molecule has 5 heteroatoms. The summed E-state index contributed by atoms with van der Waals surface area (Å²) in [5, 5.41) is 4.73. The second-order valence-corrected chi connectivity index (χ2v) is 6.38. The molecule has 3 rings (SSSR count). The van der Waals surface area contributed by atoms with Gasteiger partial charge in [0.2, 0.25) is 0 Å². The van der Waals surface area contributed by atoms with Crippen LogP contribution in [0.15, 0.2) is 35.7 Å². The van der Waals surface area contributed by atoms with Crippen LogP contribution in [0, 0.1) is 0 Å². The summed E-state index contributed by atoms with van der Waals surface area (Å²) in [5.41, 5.74) is 1.71. The summed E-state index contributed by atoms with van der Waals surface area (Å²) in [5.74, 6) is 0.867. The molecule has 2 aromatic rings. The van der Waals surface area contributed by atoms with Crippen LogP contribution >= 0.6 is 11.3 Å². The number of hydrogen-bond acceptors (Lipinski definition) is 4. The van der Waals surface area contributed by atoms with Gasteiger partial charge in [-0.05, 0) is 26.0 Å². The summed E-state index contributed by atoms with van der Waals surface area (Å²) >= 11 is 1.29. The number of carbonyl (C=O) groups is 2. The molecule has 0 radical (unpaired) electrons. The molecule has 0 bridgehead atoms. The van der Waals surface area contributed by atoms with Gasteiger partial charge in [-0.3, -0.25) is 9.59 Å². The quantitative estimate of drug-likeness (QED) is 0.881. The molecule has 2 heterocycles. The Morgan fingerprint density at radius 2 is 2.14 bits per heavy atom. The number of ketones is 1. The van der Waals surface area contributed by atoms with Gasteiger partial charge in [0, 0.05) is 28.5 Å². The monoisotopic (exact) mass is 315 g/mol. The number of para-hydroxylation sites is 1. The zero-order chi connectivity index (χ0) is 15.7. The lowest BCUT2D eigenvalue weighted by Crippen LogP contribution is -2.37. The molecule has 1 aliphatic rings. The van der Waals surface area contributed by atoms with Gasteiger partial charge >= 0.3 is 0 Å². The van der Waals surface area contributed by atoms with Crippen LogP contribution in [0.4, 0.5) is 0 Å². The summed E-state index contributed by atoms with van der Waals surface area (Å²) in [6, 6.07) is 9.51. The highest BCUT2D eigenvalue weighted by molar-refractivity contribution is 7.12. The van der Waals surface area contributed by atoms with E-state index in [9.17, 15) is 9.59 Å². The molecule has 1 amide bonds. The Kier molecular flexibility index (Phi) is 3.98. The van der Waals surface area contributed by atoms with Crippen molar-refractivity contribution in [2.45, 2.75) is 25.8 Å². The van der Waals surface area contributed by atoms with Crippen LogP contribution in [0.25, 0.3) is 0 Å². The SMILES string of the molecule is CC(=O)c1csc(C(=O)N[C@@H](C)[C@H]2COc3ccccc32)c1. The zero-order valence-corrected chi connectivity index (χ0v) is 13.3. The van der Waals surface area contributed by atoms with Crippen molar-refractivity contribution in [2.24, 2.45) is 0 Å². The Bertz CT molecular complexity index is 722. The number of fused-ring (bicyclic) bond motifs is 1. The van der Waals surface area contributed by atoms with E-state index >= 15 is 0 Å². The van der Waals surface area contributed by atoms with Crippen molar-refractivity contribution in [3.05, 3.63) is 51.7 Å². The molecule has 4 nitrogen and oxygen atoms in total. The van der Waals surface area contributed by atoms with Crippen LogP contribution in [-0.2, 0) is 0 Å². The molecule has 1 aromatic carbocycles. The molecule has 0 fully saturated rings. The number of carbonyl (C=O) groups excluding carboxylic acids is 2. The average molecular weight is 315 g/mol. The van der Waals surface area contributed by atoms with Gasteiger partial charge < -0.3 is 10.1 Å². The Balaban J connectivity index is 1.70. The Labute approximate surface area is 133 Å². The van der Waals surface area contributed by atoms with Gasteiger partial charge in [-0.2, -0.15) is 0 Å². The highest BCUT2D eigenvalue weighted by atomic mass is 32.1. The van der Waals surface area contributed by atoms with Gasteiger partial charge in [-0.1, -0.05) is 18.2 Å². The summed E-state index contributed by atoms with van der Waals surface area (Å²) in [7, 11) is 0. The maximum Gasteiger partial charge on any atom is 0.261 e. The Morgan fingerprint density at radius 1 is 1.36 bits per heavy atom. The molecule has 0 aliphatic carbocycles. The van der Waals surface area contributed by atoms with E-state index in [1.54, 1.807) is 11.4 Å². The van der Waals surface area contributed by atoms with Gasteiger partial charge in [0.05, 0.1) is 11.5 Å². The minimum Gasteiger partial charge on any atom is -0.493 e. The molecule has 2 atom stereocenters. The number of ether oxygens (including phenoxy) is 1. The van der Waals surface area contributed by atoms with Crippen LogP contribution in [0.1, 0.15) is 45.4 Å². The van der Waals surface area contributed by atoms with Crippen molar-refractivity contribution >= 4 is 23.0 Å². The summed E-state index contributed by atoms with van der Waals surface area (Å²) in [4.78, 5) is 24.2. The zero-order valence-electron chi connectivity index (χ0n) is 12.5. The highest BCUT2D eigenvalue weighted by Gasteiger charge is 2.29. The van der Waals surface area contributed by atoms with Gasteiger partial charge in [0.15, 0.2) is 5.78 Å². The van der Waals surface area contributed by atoms with Gasteiger partial charge in [0.25, 0.3) is 5.91 Å². The normalized spacial score (nSPS) is 17.5. The first-order valence-corrected chi connectivity index (χ1v) is 8.06. The first-order chi connectivity index (χ1) is 10.6. The van der Waals surface area contributed by atoms with Crippen molar-refractivity contribution in [1.29, 1.82) is 0 Å². The predicted octanol–water partition coefficient (Wildman–Crippen LogP) is 3.25. The van der Waals surface area contributed by atoms with Crippen LogP contribution in [-0.4, -0.2) is 24.3 Å². The van der Waals surface area contributed by atoms with E-state index in [1.807, 2.05) is 31.2 Å². The summed E-state index contributed by atoms with van der Waals surface area (Å²) < 4.78 is 5.66. The number of nitrogens with one attached hydrogen (secondary N) is 1. The lowest BCUT2D eigenvalue weighted by Gasteiger charge is -2.19. The fourth-order valence-corrected chi connectivity index (χ4v) is 3.47. The van der Waals surface area contributed by atoms with Crippen LogP contribution in [0.2, 0.25) is 0 Å². The van der Waals surface area contributed by atoms with Crippen LogP contribution in [0.5, 0.6) is 5.75 Å². The molecule has 1 N–H and O–H groups in total. The predicted molar refractivity (Wildman–Crippen MR) is 85.9 cm³/mol. The summed E-state index contributed by atoms with van der Waals surface area (Å²) in [6.45, 7) is 4.05. The molecule has 1 aromatic heterocycles. The number of thiophene rings is 1. The van der Waals surface area contributed by atoms with E-state index in [0.29, 0.717) is 17.0 Å². The first kappa shape index (κ1) is 14.8. The first-order valence-electron chi connectivity index (χ1n) is 7.18. The molecular weight excluding hydrogens is 298 g/mol. The van der Waals surface area contributed by atoms with E-state index in [2.05, 4.69) is 5.32 Å². The van der Waals surface area contributed by atoms with E-state index < -0.39 is 0 Å². The van der Waals surface area contributed by atoms with E-state index in [1.165, 1.54) is 18.3 Å². The Morgan fingerprint density at radius 3 is 2.86 bits per heavy atom. The highest BCUT2D eigenvalue weighted by Crippen LogP contribution is 2.35. The van der Waals surface area contributed by atoms with Gasteiger partial charge in [0.1, 0.15) is 5.75 Å². The average Bonchev–Trinajstić information content (AvgIpc) is 3.14. The standard InChI is InChI=1S/C17H17NO3S/c1-10(14-8-21-15-6-4-3-5-13(14)15)18-17(20)16-7-12(9-22-16)11(2)19/h3-7,9-10,14H,8H2,1-2H3,(H,18,20)/t10-,14+/m0/s1. The van der Waals surface area contributed by atoms with Gasteiger partial charge in [-0.15, -0.1) is 11.3 Å². The largest absolute Gasteiger partial charge is 0.493 e. The van der Waals surface area contributed by atoms with Crippen molar-refractivity contribution < 1.29 is 14.3 Å². The maximum absolute atomic E-state index is 12.3. The number of rotatable bonds is 4. The molecule has 0 spiro atoms. The van der Waals surface area contributed by atoms with Crippen molar-refractivity contribution in [2.75, 3.05) is 6.61 Å². The van der Waals surface area contributed by atoms with Crippen molar-refractivity contribution in [1.82, 2.24) is 5.32 Å². The second-order valence-electron chi connectivity index (χ2n) is 5.47. The third-order valence-corrected chi connectivity index (χ3v) is 4.86. The number of amides is 1. The van der Waals surface area contributed by atoms with Crippen LogP contribution < -0.4 is 10.1 Å². The molecular formula is C17H17NO3S. The van der Waals surface area contributed by atoms with E-state index in [4.69, 9.17) is 4.74 Å². The molecule has 22 heavy (non-hydrogen) atoms. The van der Waals surface area contributed by atoms with Gasteiger partial charge in [-0.25, -0.2) is 0 Å². The molecule has 114 valence electrons. The fraction of sp³-hybridized carbons (Fsp3) is 0.294. The lowest BCUT2D eigenvalue weighted by atomic mass is 9.94. The molecule has 0 unspecified atom stereocenters. The maximum atomic E-state index is 12.3. The third kappa shape index (κ3) is 2.76. The van der Waals surface area contributed by atoms with Crippen LogP contribution in [0.3, 0.4) is 0 Å². The smallest absolute Gasteiger partial charge is 0.261 e. The third-order valence-electron chi connectivity index (χ3n) is 3.93. The fourth-order valence-electron chi connectivity index (χ4n) is 2.62. The molecule has 0 saturated heterocycles. The Hall–Kier alpha value is -2.14. The second kappa shape index (κ2) is 5.93. The van der Waals surface area contributed by atoms with Crippen molar-refractivity contribution in [3.8, 4) is 5.75 Å². The van der Waals surface area contributed by atoms with E-state index in [-0.39, 0.29) is 23.7 Å². The summed E-state index contributed by atoms with van der Waals surface area (Å²) in [6.07, 6.45) is 0. The number of hydrogen-bond donors (Lipinski definition) is 1.